The third kappa shape index (κ3) is 4.85. The molecule has 0 spiro atoms. The van der Waals surface area contributed by atoms with Gasteiger partial charge in [-0.25, -0.2) is 0 Å². The molecule has 0 saturated carbocycles. The number of rotatable bonds is 7. The van der Waals surface area contributed by atoms with Crippen molar-refractivity contribution in [1.29, 1.82) is 0 Å². The summed E-state index contributed by atoms with van der Waals surface area (Å²) in [7, 11) is 3.46. The Bertz CT molecular complexity index is 432. The minimum Gasteiger partial charge on any atom is -0.496 e. The van der Waals surface area contributed by atoms with E-state index < -0.39 is 6.04 Å². The summed E-state index contributed by atoms with van der Waals surface area (Å²) >= 11 is 0. The Hall–Kier alpha value is -1.55. The van der Waals surface area contributed by atoms with Crippen LogP contribution in [-0.4, -0.2) is 37.6 Å². The molecular formula is C16H26N2O2. The lowest BCUT2D eigenvalue weighted by atomic mass is 10.0. The van der Waals surface area contributed by atoms with Crippen molar-refractivity contribution in [2.75, 3.05) is 20.7 Å². The van der Waals surface area contributed by atoms with Crippen molar-refractivity contribution in [3.05, 3.63) is 29.8 Å². The van der Waals surface area contributed by atoms with Crippen molar-refractivity contribution in [3.63, 3.8) is 0 Å². The van der Waals surface area contributed by atoms with Crippen molar-refractivity contribution in [1.82, 2.24) is 4.90 Å². The molecule has 0 heterocycles. The van der Waals surface area contributed by atoms with E-state index in [1.807, 2.05) is 24.3 Å². The van der Waals surface area contributed by atoms with Crippen LogP contribution in [0.25, 0.3) is 0 Å². The SMILES string of the molecule is COc1ccccc1CCN(C)C(=O)[C@@H](N)CC(C)C. The van der Waals surface area contributed by atoms with E-state index in [9.17, 15) is 4.79 Å². The molecule has 0 saturated heterocycles. The molecule has 1 atom stereocenters. The predicted octanol–water partition coefficient (Wildman–Crippen LogP) is 2.07. The van der Waals surface area contributed by atoms with Crippen LogP contribution in [0.5, 0.6) is 5.75 Å². The number of hydrogen-bond donors (Lipinski definition) is 1. The first-order chi connectivity index (χ1) is 9.45. The smallest absolute Gasteiger partial charge is 0.239 e. The van der Waals surface area contributed by atoms with Crippen molar-refractivity contribution in [3.8, 4) is 5.75 Å². The first-order valence-electron chi connectivity index (χ1n) is 7.08. The van der Waals surface area contributed by atoms with Gasteiger partial charge in [0.1, 0.15) is 5.75 Å². The van der Waals surface area contributed by atoms with Crippen LogP contribution in [0.4, 0.5) is 0 Å². The van der Waals surface area contributed by atoms with Gasteiger partial charge in [0, 0.05) is 13.6 Å². The van der Waals surface area contributed by atoms with Gasteiger partial charge in [0.25, 0.3) is 0 Å². The van der Waals surface area contributed by atoms with Crippen molar-refractivity contribution in [2.24, 2.45) is 11.7 Å². The topological polar surface area (TPSA) is 55.6 Å². The molecule has 1 aromatic rings. The lowest BCUT2D eigenvalue weighted by molar-refractivity contribution is -0.131. The highest BCUT2D eigenvalue weighted by Gasteiger charge is 2.19. The first kappa shape index (κ1) is 16.5. The standard InChI is InChI=1S/C16H26N2O2/c1-12(2)11-14(17)16(19)18(3)10-9-13-7-5-6-8-15(13)20-4/h5-8,12,14H,9-11,17H2,1-4H3/t14-/m0/s1. The minimum atomic E-state index is -0.405. The molecule has 0 aliphatic rings. The highest BCUT2D eigenvalue weighted by atomic mass is 16.5. The summed E-state index contributed by atoms with van der Waals surface area (Å²) in [5, 5.41) is 0. The van der Waals surface area contributed by atoms with Crippen LogP contribution < -0.4 is 10.5 Å². The van der Waals surface area contributed by atoms with E-state index in [1.165, 1.54) is 0 Å². The molecule has 0 fully saturated rings. The van der Waals surface area contributed by atoms with Crippen LogP contribution >= 0.6 is 0 Å². The zero-order chi connectivity index (χ0) is 15.1. The number of methoxy groups -OCH3 is 1. The van der Waals surface area contributed by atoms with Crippen LogP contribution in [0.15, 0.2) is 24.3 Å². The second kappa shape index (κ2) is 7.90. The summed E-state index contributed by atoms with van der Waals surface area (Å²) < 4.78 is 5.31. The van der Waals surface area contributed by atoms with E-state index in [0.717, 1.165) is 24.2 Å². The zero-order valence-electron chi connectivity index (χ0n) is 12.9. The van der Waals surface area contributed by atoms with E-state index >= 15 is 0 Å². The average molecular weight is 278 g/mol. The highest BCUT2D eigenvalue weighted by molar-refractivity contribution is 5.81. The quantitative estimate of drug-likeness (QED) is 0.830. The number of carbonyl (C=O) groups is 1. The Kier molecular flexibility index (Phi) is 6.52. The van der Waals surface area contributed by atoms with Gasteiger partial charge < -0.3 is 15.4 Å². The third-order valence-corrected chi connectivity index (χ3v) is 3.33. The summed E-state index contributed by atoms with van der Waals surface area (Å²) in [5.74, 6) is 1.30. The Labute approximate surface area is 121 Å². The summed E-state index contributed by atoms with van der Waals surface area (Å²) in [6.45, 7) is 4.79. The molecule has 112 valence electrons. The number of nitrogens with two attached hydrogens (primary N) is 1. The molecule has 4 nitrogen and oxygen atoms in total. The van der Waals surface area contributed by atoms with Gasteiger partial charge in [-0.2, -0.15) is 0 Å². The second-order valence-corrected chi connectivity index (χ2v) is 5.56. The Morgan fingerprint density at radius 3 is 2.60 bits per heavy atom. The average Bonchev–Trinajstić information content (AvgIpc) is 2.43. The zero-order valence-corrected chi connectivity index (χ0v) is 12.9. The van der Waals surface area contributed by atoms with Gasteiger partial charge in [0.2, 0.25) is 5.91 Å². The molecule has 0 aromatic heterocycles. The van der Waals surface area contributed by atoms with Crippen LogP contribution in [0.2, 0.25) is 0 Å². The number of nitrogens with zero attached hydrogens (tertiary/aromatic N) is 1. The number of benzene rings is 1. The van der Waals surface area contributed by atoms with Gasteiger partial charge in [-0.3, -0.25) is 4.79 Å². The summed E-state index contributed by atoms with van der Waals surface area (Å²) in [6, 6.07) is 7.46. The van der Waals surface area contributed by atoms with Crippen molar-refractivity contribution in [2.45, 2.75) is 32.7 Å². The minimum absolute atomic E-state index is 0.00796. The monoisotopic (exact) mass is 278 g/mol. The number of hydrogen-bond acceptors (Lipinski definition) is 3. The van der Waals surface area contributed by atoms with Gasteiger partial charge in [-0.05, 0) is 30.4 Å². The third-order valence-electron chi connectivity index (χ3n) is 3.33. The highest BCUT2D eigenvalue weighted by Crippen LogP contribution is 2.18. The number of ether oxygens (including phenoxy) is 1. The van der Waals surface area contributed by atoms with Gasteiger partial charge in [0.05, 0.1) is 13.2 Å². The molecule has 0 bridgehead atoms. The van der Waals surface area contributed by atoms with E-state index in [4.69, 9.17) is 10.5 Å². The van der Waals surface area contributed by atoms with E-state index in [1.54, 1.807) is 19.1 Å². The molecule has 4 heteroatoms. The molecule has 1 rings (SSSR count). The Balaban J connectivity index is 2.54. The molecule has 0 aliphatic heterocycles. The fourth-order valence-corrected chi connectivity index (χ4v) is 2.20. The summed E-state index contributed by atoms with van der Waals surface area (Å²) in [5.41, 5.74) is 7.03. The Morgan fingerprint density at radius 1 is 1.35 bits per heavy atom. The van der Waals surface area contributed by atoms with E-state index in [-0.39, 0.29) is 5.91 Å². The number of carbonyl (C=O) groups excluding carboxylic acids is 1. The van der Waals surface area contributed by atoms with Crippen LogP contribution in [-0.2, 0) is 11.2 Å². The fraction of sp³-hybridized carbons (Fsp3) is 0.562. The molecule has 0 radical (unpaired) electrons. The molecule has 0 unspecified atom stereocenters. The van der Waals surface area contributed by atoms with Crippen LogP contribution in [0.1, 0.15) is 25.8 Å². The lowest BCUT2D eigenvalue weighted by Crippen LogP contribution is -2.43. The molecule has 1 amide bonds. The molecule has 0 aliphatic carbocycles. The molecule has 20 heavy (non-hydrogen) atoms. The number of para-hydroxylation sites is 1. The number of amides is 1. The normalized spacial score (nSPS) is 12.3. The largest absolute Gasteiger partial charge is 0.496 e. The molecular weight excluding hydrogens is 252 g/mol. The Morgan fingerprint density at radius 2 is 2.00 bits per heavy atom. The van der Waals surface area contributed by atoms with Gasteiger partial charge in [0.15, 0.2) is 0 Å². The summed E-state index contributed by atoms with van der Waals surface area (Å²) in [4.78, 5) is 13.8. The van der Waals surface area contributed by atoms with E-state index in [0.29, 0.717) is 12.5 Å². The van der Waals surface area contributed by atoms with Gasteiger partial charge in [-0.15, -0.1) is 0 Å². The van der Waals surface area contributed by atoms with Crippen molar-refractivity contribution < 1.29 is 9.53 Å². The maximum Gasteiger partial charge on any atom is 0.239 e. The van der Waals surface area contributed by atoms with Crippen molar-refractivity contribution >= 4 is 5.91 Å². The lowest BCUT2D eigenvalue weighted by Gasteiger charge is -2.22. The number of likely N-dealkylation sites (N-methyl/N-ethyl adjacent to an activating group) is 1. The van der Waals surface area contributed by atoms with E-state index in [2.05, 4.69) is 13.8 Å². The summed E-state index contributed by atoms with van der Waals surface area (Å²) in [6.07, 6.45) is 1.48. The van der Waals surface area contributed by atoms with Gasteiger partial charge in [-0.1, -0.05) is 32.0 Å². The molecule has 2 N–H and O–H groups in total. The fourth-order valence-electron chi connectivity index (χ4n) is 2.20. The first-order valence-corrected chi connectivity index (χ1v) is 7.08. The molecule has 1 aromatic carbocycles. The predicted molar refractivity (Wildman–Crippen MR) is 81.8 cm³/mol. The van der Waals surface area contributed by atoms with Crippen LogP contribution in [0.3, 0.4) is 0 Å². The maximum atomic E-state index is 12.1. The second-order valence-electron chi connectivity index (χ2n) is 5.56. The maximum absolute atomic E-state index is 12.1. The van der Waals surface area contributed by atoms with Gasteiger partial charge >= 0.3 is 0 Å². The van der Waals surface area contributed by atoms with Crippen LogP contribution in [0, 0.1) is 5.92 Å².